The number of urea groups is 1. The second-order valence-electron chi connectivity index (χ2n) is 16.5. The third-order valence-corrected chi connectivity index (χ3v) is 14.1. The second-order valence-corrected chi connectivity index (χ2v) is 17.6. The van der Waals surface area contributed by atoms with Crippen LogP contribution in [0, 0.1) is 29.6 Å². The van der Waals surface area contributed by atoms with E-state index in [1.54, 1.807) is 0 Å². The van der Waals surface area contributed by atoms with Crippen molar-refractivity contribution in [3.63, 3.8) is 0 Å². The van der Waals surface area contributed by atoms with Crippen LogP contribution in [0.5, 0.6) is 0 Å². The maximum absolute atomic E-state index is 14.2. The number of rotatable bonds is 2. The Balaban J connectivity index is 0.987. The van der Waals surface area contributed by atoms with E-state index in [4.69, 9.17) is 0 Å². The molecule has 4 saturated carbocycles. The van der Waals surface area contributed by atoms with E-state index >= 15 is 0 Å². The first-order chi connectivity index (χ1) is 20.4. The normalized spacial score (nSPS) is 49.0. The molecule has 4 N–H and O–H groups in total. The van der Waals surface area contributed by atoms with Gasteiger partial charge < -0.3 is 15.1 Å². The molecule has 0 aromatic rings. The van der Waals surface area contributed by atoms with Crippen molar-refractivity contribution in [3.05, 3.63) is 0 Å². The minimum Gasteiger partial charge on any atom is -0.317 e. The summed E-state index contributed by atoms with van der Waals surface area (Å²) >= 11 is 1.92. The molecule has 236 valence electrons. The first-order valence-electron chi connectivity index (χ1n) is 17.8. The Morgan fingerprint density at radius 1 is 0.833 bits per heavy atom. The van der Waals surface area contributed by atoms with Gasteiger partial charge in [0.2, 0.25) is 0 Å². The molecule has 0 radical (unpaired) electrons. The van der Waals surface area contributed by atoms with Gasteiger partial charge in [-0.1, -0.05) is 11.9 Å². The number of carbonyl (C=O) groups excluding carboxylic acids is 1. The summed E-state index contributed by atoms with van der Waals surface area (Å²) in [6.07, 6.45) is 18.9. The average molecular weight is 600 g/mol. The van der Waals surface area contributed by atoms with Gasteiger partial charge in [0.1, 0.15) is 0 Å². The number of carbonyl (C=O) groups is 1. The van der Waals surface area contributed by atoms with Gasteiger partial charge in [-0.3, -0.25) is 20.3 Å². The molecule has 9 aliphatic rings. The number of amides is 2. The van der Waals surface area contributed by atoms with Gasteiger partial charge in [0.05, 0.1) is 23.9 Å². The first-order valence-corrected chi connectivity index (χ1v) is 18.7. The van der Waals surface area contributed by atoms with Crippen LogP contribution in [0.15, 0.2) is 0 Å². The molecule has 9 fully saturated rings. The third-order valence-electron chi connectivity index (χ3n) is 13.1. The van der Waals surface area contributed by atoms with Crippen molar-refractivity contribution in [2.24, 2.45) is 29.6 Å². The van der Waals surface area contributed by atoms with E-state index in [0.717, 1.165) is 56.3 Å². The predicted octanol–water partition coefficient (Wildman–Crippen LogP) is 4.49. The highest BCUT2D eigenvalue weighted by Crippen LogP contribution is 2.58. The molecule has 0 spiro atoms. The Kier molecular flexibility index (Phi) is 7.79. The van der Waals surface area contributed by atoms with Crippen LogP contribution in [0.1, 0.15) is 104 Å². The van der Waals surface area contributed by atoms with Gasteiger partial charge in [0, 0.05) is 43.2 Å². The van der Waals surface area contributed by atoms with E-state index in [0.29, 0.717) is 29.7 Å². The van der Waals surface area contributed by atoms with Crippen LogP contribution in [0.4, 0.5) is 4.79 Å². The highest BCUT2D eigenvalue weighted by Gasteiger charge is 2.57. The molecule has 5 saturated heterocycles. The van der Waals surface area contributed by atoms with Gasteiger partial charge in [-0.15, -0.1) is 0 Å². The van der Waals surface area contributed by atoms with Gasteiger partial charge in [0.25, 0.3) is 0 Å². The zero-order valence-electron chi connectivity index (χ0n) is 26.3. The zero-order chi connectivity index (χ0) is 28.5. The smallest absolute Gasteiger partial charge is 0.317 e. The minimum absolute atomic E-state index is 0.159. The summed E-state index contributed by atoms with van der Waals surface area (Å²) in [6, 6.07) is 0.350. The van der Waals surface area contributed by atoms with Gasteiger partial charge in [-0.05, 0) is 134 Å². The van der Waals surface area contributed by atoms with Gasteiger partial charge >= 0.3 is 6.03 Å². The summed E-state index contributed by atoms with van der Waals surface area (Å²) < 4.78 is 3.84. The molecule has 0 aromatic carbocycles. The number of fused-ring (bicyclic) bond motifs is 6. The molecule has 0 aromatic heterocycles. The highest BCUT2D eigenvalue weighted by atomic mass is 32.2. The zero-order valence-corrected chi connectivity index (χ0v) is 27.1. The standard InChI is InChI=1S/C33H57N7OS/c1-32(2)16-22-5-4-10-34-27-6-3-7-29(36-27)42-35-20-26-8-9-28(37-30(26)40(32)21-22)38-11-12-39(31(38)41)33-17-23-13-24(18-33)15-25(14-23)19-33/h22-30,34-37H,3-21H2,1-2H3/t22-,23?,24?,25?,26?,27?,28?,29?,30?,33?/m0/s1. The summed E-state index contributed by atoms with van der Waals surface area (Å²) in [5.41, 5.74) is 0.353. The summed E-state index contributed by atoms with van der Waals surface area (Å²) in [7, 11) is 0. The van der Waals surface area contributed by atoms with E-state index in [1.165, 1.54) is 90.0 Å². The average Bonchev–Trinajstić information content (AvgIpc) is 3.49. The van der Waals surface area contributed by atoms with Gasteiger partial charge in [0.15, 0.2) is 0 Å². The number of nitrogens with one attached hydrogen (secondary N) is 4. The van der Waals surface area contributed by atoms with Crippen LogP contribution in [0.2, 0.25) is 0 Å². The molecule has 9 heteroatoms. The molecule has 6 unspecified atom stereocenters. The molecular formula is C33H57N7OS. The Morgan fingerprint density at radius 3 is 2.40 bits per heavy atom. The lowest BCUT2D eigenvalue weighted by molar-refractivity contribution is -0.0657. The Labute approximate surface area is 258 Å². The Morgan fingerprint density at radius 2 is 1.62 bits per heavy atom. The maximum atomic E-state index is 14.2. The van der Waals surface area contributed by atoms with Crippen molar-refractivity contribution in [1.82, 2.24) is 35.4 Å². The second kappa shape index (κ2) is 11.3. The Bertz CT molecular complexity index is 974. The summed E-state index contributed by atoms with van der Waals surface area (Å²) in [5.74, 6) is 3.93. The van der Waals surface area contributed by atoms with E-state index in [2.05, 4.69) is 49.2 Å². The molecule has 9 rings (SSSR count). The number of piperidine rings is 2. The van der Waals surface area contributed by atoms with Crippen molar-refractivity contribution in [2.45, 2.75) is 139 Å². The lowest BCUT2D eigenvalue weighted by atomic mass is 9.52. The van der Waals surface area contributed by atoms with Gasteiger partial charge in [-0.25, -0.2) is 4.79 Å². The topological polar surface area (TPSA) is 74.9 Å². The van der Waals surface area contributed by atoms with Crippen molar-refractivity contribution in [3.8, 4) is 0 Å². The molecule has 8 nitrogen and oxygen atoms in total. The molecule has 5 heterocycles. The van der Waals surface area contributed by atoms with Crippen molar-refractivity contribution in [2.75, 3.05) is 32.7 Å². The number of hydrogen-bond donors (Lipinski definition) is 4. The van der Waals surface area contributed by atoms with Crippen LogP contribution >= 0.6 is 11.9 Å². The maximum Gasteiger partial charge on any atom is 0.321 e. The summed E-state index contributed by atoms with van der Waals surface area (Å²) in [4.78, 5) is 21.7. The van der Waals surface area contributed by atoms with E-state index in [1.807, 2.05) is 11.9 Å². The largest absolute Gasteiger partial charge is 0.321 e. The van der Waals surface area contributed by atoms with E-state index in [9.17, 15) is 4.79 Å². The van der Waals surface area contributed by atoms with Crippen LogP contribution < -0.4 is 20.7 Å². The molecule has 4 aliphatic carbocycles. The molecule has 5 aliphatic heterocycles. The van der Waals surface area contributed by atoms with Crippen molar-refractivity contribution in [1.29, 1.82) is 0 Å². The molecular weight excluding hydrogens is 542 g/mol. The first kappa shape index (κ1) is 28.9. The van der Waals surface area contributed by atoms with Gasteiger partial charge in [-0.2, -0.15) is 0 Å². The molecule has 8 bridgehead atoms. The predicted molar refractivity (Wildman–Crippen MR) is 169 cm³/mol. The third kappa shape index (κ3) is 5.34. The fourth-order valence-electron chi connectivity index (χ4n) is 11.6. The fourth-order valence-corrected chi connectivity index (χ4v) is 12.6. The summed E-state index contributed by atoms with van der Waals surface area (Å²) in [6.45, 7) is 10.1. The van der Waals surface area contributed by atoms with Crippen molar-refractivity contribution < 1.29 is 4.79 Å². The monoisotopic (exact) mass is 599 g/mol. The van der Waals surface area contributed by atoms with Crippen LogP contribution in [-0.2, 0) is 0 Å². The SMILES string of the molecule is CC1(C)C[C@@H]2CCCNC3CCCC(N3)SNCC3CCC(N4CCN(C56CC7CC(CC(C7)C5)C6)C4=O)NC3N1C2. The number of nitrogens with zero attached hydrogens (tertiary/aromatic N) is 3. The molecule has 42 heavy (non-hydrogen) atoms. The highest BCUT2D eigenvalue weighted by molar-refractivity contribution is 7.98. The van der Waals surface area contributed by atoms with Crippen LogP contribution in [0.3, 0.4) is 0 Å². The van der Waals surface area contributed by atoms with Crippen LogP contribution in [-0.4, -0.2) is 88.4 Å². The lowest BCUT2D eigenvalue weighted by Crippen LogP contribution is -2.66. The minimum atomic E-state index is 0.159. The quantitative estimate of drug-likeness (QED) is 0.349. The number of hydrogen-bond acceptors (Lipinski definition) is 7. The Hall–Kier alpha value is -0.580. The summed E-state index contributed by atoms with van der Waals surface area (Å²) in [5, 5.41) is 12.3. The molecule has 2 amide bonds. The van der Waals surface area contributed by atoms with Crippen LogP contribution in [0.25, 0.3) is 0 Å². The van der Waals surface area contributed by atoms with E-state index < -0.39 is 0 Å². The van der Waals surface area contributed by atoms with E-state index in [-0.39, 0.29) is 17.2 Å². The lowest BCUT2D eigenvalue weighted by Gasteiger charge is -2.59. The van der Waals surface area contributed by atoms with Crippen molar-refractivity contribution >= 4 is 18.0 Å². The fraction of sp³-hybridized carbons (Fsp3) is 0.970. The molecule has 7 atom stereocenters.